The molecule has 0 saturated carbocycles. The third-order valence-corrected chi connectivity index (χ3v) is 3.18. The molecular formula is C12H22N2O5. The maximum Gasteiger partial charge on any atom is 0.329 e. The first-order chi connectivity index (χ1) is 8.86. The van der Waals surface area contributed by atoms with Gasteiger partial charge in [0.1, 0.15) is 12.1 Å². The molecule has 0 unspecified atom stereocenters. The first-order valence-electron chi connectivity index (χ1n) is 6.24. The number of esters is 1. The summed E-state index contributed by atoms with van der Waals surface area (Å²) < 4.78 is 4.49. The number of carbonyl (C=O) groups is 3. The fourth-order valence-electron chi connectivity index (χ4n) is 1.61. The van der Waals surface area contributed by atoms with Crippen LogP contribution in [0, 0.1) is 0 Å². The van der Waals surface area contributed by atoms with E-state index >= 15 is 0 Å². The van der Waals surface area contributed by atoms with Gasteiger partial charge in [0.05, 0.1) is 7.11 Å². The molecular weight excluding hydrogens is 252 g/mol. The smallest absolute Gasteiger partial charge is 0.329 e. The lowest BCUT2D eigenvalue weighted by Gasteiger charge is -2.31. The van der Waals surface area contributed by atoms with E-state index in [1.54, 1.807) is 20.8 Å². The minimum absolute atomic E-state index is 0.206. The zero-order chi connectivity index (χ0) is 15.1. The number of hydrogen-bond acceptors (Lipinski definition) is 4. The molecule has 7 nitrogen and oxygen atoms in total. The van der Waals surface area contributed by atoms with Gasteiger partial charge in [-0.15, -0.1) is 0 Å². The Kier molecular flexibility index (Phi) is 6.89. The van der Waals surface area contributed by atoms with Gasteiger partial charge in [-0.25, -0.2) is 9.59 Å². The zero-order valence-corrected chi connectivity index (χ0v) is 11.9. The Hall–Kier alpha value is -1.79. The molecule has 0 fully saturated rings. The second-order valence-electron chi connectivity index (χ2n) is 4.11. The van der Waals surface area contributed by atoms with Crippen molar-refractivity contribution in [1.29, 1.82) is 0 Å². The number of nitrogens with one attached hydrogen (secondary N) is 1. The molecule has 0 bridgehead atoms. The standard InChI is InChI=1S/C12H22N2O5/c1-5-12(6-2,10(16)17)13-11(18)14(7-3)8-9(15)19-4/h5-8H2,1-4H3,(H,13,18)(H,16,17). The second kappa shape index (κ2) is 7.60. The van der Waals surface area contributed by atoms with E-state index in [1.165, 1.54) is 12.0 Å². The molecule has 110 valence electrons. The monoisotopic (exact) mass is 274 g/mol. The average Bonchev–Trinajstić information content (AvgIpc) is 2.41. The van der Waals surface area contributed by atoms with Crippen molar-refractivity contribution in [1.82, 2.24) is 10.2 Å². The van der Waals surface area contributed by atoms with Gasteiger partial charge < -0.3 is 20.1 Å². The number of methoxy groups -OCH3 is 1. The summed E-state index contributed by atoms with van der Waals surface area (Å²) in [6.45, 7) is 5.15. The van der Waals surface area contributed by atoms with Crippen molar-refractivity contribution in [3.63, 3.8) is 0 Å². The Bertz CT molecular complexity index is 339. The van der Waals surface area contributed by atoms with E-state index in [2.05, 4.69) is 10.1 Å². The summed E-state index contributed by atoms with van der Waals surface area (Å²) in [4.78, 5) is 35.7. The summed E-state index contributed by atoms with van der Waals surface area (Å²) in [6, 6.07) is -0.584. The van der Waals surface area contributed by atoms with E-state index in [9.17, 15) is 19.5 Å². The van der Waals surface area contributed by atoms with Gasteiger partial charge in [0.15, 0.2) is 0 Å². The highest BCUT2D eigenvalue weighted by Gasteiger charge is 2.37. The lowest BCUT2D eigenvalue weighted by molar-refractivity contribution is -0.144. The summed E-state index contributed by atoms with van der Waals surface area (Å²) in [5, 5.41) is 11.7. The third kappa shape index (κ3) is 4.42. The molecule has 2 N–H and O–H groups in total. The minimum Gasteiger partial charge on any atom is -0.480 e. The van der Waals surface area contributed by atoms with Crippen LogP contribution < -0.4 is 5.32 Å². The molecule has 2 amide bonds. The van der Waals surface area contributed by atoms with Crippen LogP contribution in [-0.2, 0) is 14.3 Å². The van der Waals surface area contributed by atoms with Crippen LogP contribution >= 0.6 is 0 Å². The van der Waals surface area contributed by atoms with Gasteiger partial charge in [-0.05, 0) is 19.8 Å². The minimum atomic E-state index is -1.30. The van der Waals surface area contributed by atoms with Gasteiger partial charge in [-0.3, -0.25) is 4.79 Å². The number of nitrogens with zero attached hydrogens (tertiary/aromatic N) is 1. The van der Waals surface area contributed by atoms with E-state index < -0.39 is 23.5 Å². The molecule has 0 aromatic heterocycles. The summed E-state index contributed by atoms with van der Waals surface area (Å²) in [5.74, 6) is -1.63. The molecule has 0 rings (SSSR count). The normalized spacial score (nSPS) is 10.7. The summed E-state index contributed by atoms with van der Waals surface area (Å²) in [7, 11) is 1.23. The SMILES string of the molecule is CCN(CC(=O)OC)C(=O)NC(CC)(CC)C(=O)O. The maximum absolute atomic E-state index is 12.0. The highest BCUT2D eigenvalue weighted by molar-refractivity contribution is 5.87. The molecule has 0 aliphatic carbocycles. The number of aliphatic carboxylic acids is 1. The van der Waals surface area contributed by atoms with Crippen molar-refractivity contribution in [3.8, 4) is 0 Å². The van der Waals surface area contributed by atoms with E-state index in [-0.39, 0.29) is 25.9 Å². The van der Waals surface area contributed by atoms with Crippen LogP contribution in [0.3, 0.4) is 0 Å². The Balaban J connectivity index is 4.88. The van der Waals surface area contributed by atoms with Crippen LogP contribution in [0.25, 0.3) is 0 Å². The number of amides is 2. The van der Waals surface area contributed by atoms with Gasteiger partial charge in [-0.1, -0.05) is 13.8 Å². The number of carboxylic acid groups (broad SMARTS) is 1. The molecule has 19 heavy (non-hydrogen) atoms. The van der Waals surface area contributed by atoms with Crippen LogP contribution in [0.2, 0.25) is 0 Å². The van der Waals surface area contributed by atoms with Crippen LogP contribution in [0.5, 0.6) is 0 Å². The van der Waals surface area contributed by atoms with Crippen molar-refractivity contribution >= 4 is 18.0 Å². The molecule has 0 aliphatic heterocycles. The van der Waals surface area contributed by atoms with Crippen molar-refractivity contribution < 1.29 is 24.2 Å². The maximum atomic E-state index is 12.0. The molecule has 0 radical (unpaired) electrons. The van der Waals surface area contributed by atoms with Crippen molar-refractivity contribution in [2.75, 3.05) is 20.2 Å². The number of likely N-dealkylation sites (N-methyl/N-ethyl adjacent to an activating group) is 1. The predicted molar refractivity (Wildman–Crippen MR) is 68.7 cm³/mol. The van der Waals surface area contributed by atoms with Gasteiger partial charge >= 0.3 is 18.0 Å². The quantitative estimate of drug-likeness (QED) is 0.670. The van der Waals surface area contributed by atoms with Gasteiger partial charge in [0.25, 0.3) is 0 Å². The average molecular weight is 274 g/mol. The lowest BCUT2D eigenvalue weighted by atomic mass is 9.93. The number of rotatable bonds is 7. The molecule has 0 aliphatic rings. The van der Waals surface area contributed by atoms with E-state index in [1.807, 2.05) is 0 Å². The molecule has 0 aromatic carbocycles. The van der Waals surface area contributed by atoms with Gasteiger partial charge in [-0.2, -0.15) is 0 Å². The Morgan fingerprint density at radius 3 is 2.05 bits per heavy atom. The Labute approximate surface area is 112 Å². The molecule has 7 heteroatoms. The zero-order valence-electron chi connectivity index (χ0n) is 11.9. The summed E-state index contributed by atoms with van der Waals surface area (Å²) in [6.07, 6.45) is 0.528. The Morgan fingerprint density at radius 2 is 1.74 bits per heavy atom. The van der Waals surface area contributed by atoms with Crippen molar-refractivity contribution in [2.24, 2.45) is 0 Å². The second-order valence-corrected chi connectivity index (χ2v) is 4.11. The first kappa shape index (κ1) is 17.2. The van der Waals surface area contributed by atoms with E-state index in [4.69, 9.17) is 0 Å². The molecule has 0 heterocycles. The largest absolute Gasteiger partial charge is 0.480 e. The first-order valence-corrected chi connectivity index (χ1v) is 6.24. The number of carbonyl (C=O) groups excluding carboxylic acids is 2. The topological polar surface area (TPSA) is 95.9 Å². The summed E-state index contributed by atoms with van der Waals surface area (Å²) in [5.41, 5.74) is -1.30. The van der Waals surface area contributed by atoms with E-state index in [0.29, 0.717) is 0 Å². The highest BCUT2D eigenvalue weighted by Crippen LogP contribution is 2.16. The van der Waals surface area contributed by atoms with Crippen LogP contribution in [0.4, 0.5) is 4.79 Å². The number of carboxylic acids is 1. The molecule has 0 saturated heterocycles. The van der Waals surface area contributed by atoms with Gasteiger partial charge in [0, 0.05) is 6.54 Å². The van der Waals surface area contributed by atoms with Crippen LogP contribution in [0.15, 0.2) is 0 Å². The lowest BCUT2D eigenvalue weighted by Crippen LogP contribution is -2.57. The summed E-state index contributed by atoms with van der Waals surface area (Å²) >= 11 is 0. The molecule has 0 aromatic rings. The number of urea groups is 1. The number of hydrogen-bond donors (Lipinski definition) is 2. The van der Waals surface area contributed by atoms with Crippen molar-refractivity contribution in [2.45, 2.75) is 39.2 Å². The fourth-order valence-corrected chi connectivity index (χ4v) is 1.61. The van der Waals surface area contributed by atoms with Crippen LogP contribution in [-0.4, -0.2) is 53.7 Å². The third-order valence-electron chi connectivity index (χ3n) is 3.18. The van der Waals surface area contributed by atoms with E-state index in [0.717, 1.165) is 0 Å². The molecule has 0 atom stereocenters. The fraction of sp³-hybridized carbons (Fsp3) is 0.750. The van der Waals surface area contributed by atoms with Crippen molar-refractivity contribution in [3.05, 3.63) is 0 Å². The van der Waals surface area contributed by atoms with Gasteiger partial charge in [0.2, 0.25) is 0 Å². The predicted octanol–water partition coefficient (Wildman–Crippen LogP) is 0.834. The van der Waals surface area contributed by atoms with Crippen LogP contribution in [0.1, 0.15) is 33.6 Å². The molecule has 0 spiro atoms. The Morgan fingerprint density at radius 1 is 1.21 bits per heavy atom. The highest BCUT2D eigenvalue weighted by atomic mass is 16.5. The number of ether oxygens (including phenoxy) is 1.